The van der Waals surface area contributed by atoms with Gasteiger partial charge in [-0.3, -0.25) is 0 Å². The first-order valence-electron chi connectivity index (χ1n) is 5.93. The number of esters is 1. The first kappa shape index (κ1) is 14.2. The van der Waals surface area contributed by atoms with Crippen molar-refractivity contribution in [2.45, 2.75) is 13.8 Å². The van der Waals surface area contributed by atoms with E-state index in [0.717, 1.165) is 5.69 Å². The van der Waals surface area contributed by atoms with Crippen molar-refractivity contribution in [1.29, 1.82) is 0 Å². The Morgan fingerprint density at radius 2 is 1.94 bits per heavy atom. The van der Waals surface area contributed by atoms with Crippen LogP contribution >= 0.6 is 0 Å². The summed E-state index contributed by atoms with van der Waals surface area (Å²) in [5.41, 5.74) is 1.24. The number of halogens is 1. The molecule has 0 unspecified atom stereocenters. The second kappa shape index (κ2) is 6.79. The van der Waals surface area contributed by atoms with E-state index in [0.29, 0.717) is 25.3 Å². The average molecular weight is 251 g/mol. The number of hydrogen-bond donors (Lipinski definition) is 0. The summed E-state index contributed by atoms with van der Waals surface area (Å²) in [6.07, 6.45) is 0. The predicted octanol–water partition coefficient (Wildman–Crippen LogP) is 2.77. The van der Waals surface area contributed by atoms with E-state index in [-0.39, 0.29) is 5.82 Å². The Morgan fingerprint density at radius 3 is 2.44 bits per heavy atom. The van der Waals surface area contributed by atoms with Gasteiger partial charge in [-0.2, -0.15) is 0 Å². The van der Waals surface area contributed by atoms with E-state index >= 15 is 0 Å². The van der Waals surface area contributed by atoms with Gasteiger partial charge in [0.2, 0.25) is 0 Å². The third-order valence-corrected chi connectivity index (χ3v) is 2.52. The zero-order valence-electron chi connectivity index (χ0n) is 10.8. The van der Waals surface area contributed by atoms with Crippen LogP contribution in [0.2, 0.25) is 0 Å². The minimum atomic E-state index is -0.391. The Morgan fingerprint density at radius 1 is 1.33 bits per heavy atom. The number of likely N-dealkylation sites (N-methyl/N-ethyl adjacent to an activating group) is 1. The van der Waals surface area contributed by atoms with Crippen LogP contribution < -0.4 is 4.90 Å². The van der Waals surface area contributed by atoms with Crippen LogP contribution in [0.3, 0.4) is 0 Å². The molecule has 0 amide bonds. The highest BCUT2D eigenvalue weighted by Crippen LogP contribution is 2.16. The molecule has 1 rings (SSSR count). The van der Waals surface area contributed by atoms with Crippen molar-refractivity contribution >= 4 is 11.7 Å². The van der Waals surface area contributed by atoms with Crippen LogP contribution in [-0.4, -0.2) is 25.7 Å². The van der Waals surface area contributed by atoms with E-state index in [9.17, 15) is 9.18 Å². The molecular formula is C14H18FNO2. The van der Waals surface area contributed by atoms with Gasteiger partial charge in [0.15, 0.2) is 0 Å². The van der Waals surface area contributed by atoms with Gasteiger partial charge in [0, 0.05) is 24.4 Å². The number of hydrogen-bond acceptors (Lipinski definition) is 3. The lowest BCUT2D eigenvalue weighted by atomic mass is 10.2. The quantitative estimate of drug-likeness (QED) is 0.575. The summed E-state index contributed by atoms with van der Waals surface area (Å²) in [5, 5.41) is 0. The van der Waals surface area contributed by atoms with Crippen LogP contribution in [0, 0.1) is 5.82 Å². The molecule has 0 aromatic heterocycles. The van der Waals surface area contributed by atoms with E-state index in [1.807, 2.05) is 11.8 Å². The molecule has 1 aromatic carbocycles. The molecule has 0 saturated carbocycles. The Labute approximate surface area is 107 Å². The van der Waals surface area contributed by atoms with E-state index in [1.54, 1.807) is 19.1 Å². The van der Waals surface area contributed by atoms with Crippen LogP contribution in [0.25, 0.3) is 0 Å². The third kappa shape index (κ3) is 3.87. The molecule has 18 heavy (non-hydrogen) atoms. The van der Waals surface area contributed by atoms with Gasteiger partial charge in [0.05, 0.1) is 6.61 Å². The van der Waals surface area contributed by atoms with Crippen molar-refractivity contribution in [3.8, 4) is 0 Å². The highest BCUT2D eigenvalue weighted by molar-refractivity contribution is 5.88. The summed E-state index contributed by atoms with van der Waals surface area (Å²) in [4.78, 5) is 13.4. The summed E-state index contributed by atoms with van der Waals surface area (Å²) in [7, 11) is 0. The summed E-state index contributed by atoms with van der Waals surface area (Å²) >= 11 is 0. The molecule has 0 heterocycles. The van der Waals surface area contributed by atoms with Gasteiger partial charge >= 0.3 is 5.97 Å². The molecule has 0 spiro atoms. The Bertz CT molecular complexity index is 414. The Hall–Kier alpha value is -1.84. The second-order valence-corrected chi connectivity index (χ2v) is 3.81. The lowest BCUT2D eigenvalue weighted by Gasteiger charge is -2.23. The lowest BCUT2D eigenvalue weighted by molar-refractivity contribution is -0.138. The molecule has 0 fully saturated rings. The highest BCUT2D eigenvalue weighted by atomic mass is 19.1. The van der Waals surface area contributed by atoms with Crippen LogP contribution in [0.1, 0.15) is 13.8 Å². The molecule has 98 valence electrons. The molecule has 0 aliphatic carbocycles. The third-order valence-electron chi connectivity index (χ3n) is 2.52. The molecule has 1 aromatic rings. The fourth-order valence-electron chi connectivity index (χ4n) is 1.57. The van der Waals surface area contributed by atoms with Crippen molar-refractivity contribution in [2.24, 2.45) is 0 Å². The molecule has 3 nitrogen and oxygen atoms in total. The van der Waals surface area contributed by atoms with Crippen LogP contribution in [0.5, 0.6) is 0 Å². The molecule has 0 bridgehead atoms. The Kier molecular flexibility index (Phi) is 5.36. The fraction of sp³-hybridized carbons (Fsp3) is 0.357. The van der Waals surface area contributed by atoms with Crippen LogP contribution in [0.4, 0.5) is 10.1 Å². The average Bonchev–Trinajstić information content (AvgIpc) is 2.37. The fourth-order valence-corrected chi connectivity index (χ4v) is 1.57. The lowest BCUT2D eigenvalue weighted by Crippen LogP contribution is -2.28. The van der Waals surface area contributed by atoms with Gasteiger partial charge in [-0.25, -0.2) is 9.18 Å². The molecule has 0 aliphatic heterocycles. The molecule has 0 radical (unpaired) electrons. The molecule has 4 heteroatoms. The van der Waals surface area contributed by atoms with Gasteiger partial charge in [0.25, 0.3) is 0 Å². The number of carbonyl (C=O) groups excluding carboxylic acids is 1. The first-order chi connectivity index (χ1) is 8.58. The number of anilines is 1. The number of nitrogens with zero attached hydrogens (tertiary/aromatic N) is 1. The van der Waals surface area contributed by atoms with Crippen molar-refractivity contribution in [2.75, 3.05) is 24.6 Å². The van der Waals surface area contributed by atoms with Gasteiger partial charge in [-0.15, -0.1) is 0 Å². The molecule has 0 saturated heterocycles. The number of rotatable bonds is 6. The molecule has 0 aliphatic rings. The second-order valence-electron chi connectivity index (χ2n) is 3.81. The zero-order valence-corrected chi connectivity index (χ0v) is 10.8. The number of benzene rings is 1. The summed E-state index contributed by atoms with van der Waals surface area (Å²) in [6, 6.07) is 6.14. The smallest absolute Gasteiger partial charge is 0.335 e. The minimum absolute atomic E-state index is 0.279. The van der Waals surface area contributed by atoms with Gasteiger partial charge in [0.1, 0.15) is 5.82 Å². The maximum atomic E-state index is 12.8. The first-order valence-corrected chi connectivity index (χ1v) is 5.93. The van der Waals surface area contributed by atoms with E-state index in [2.05, 4.69) is 6.58 Å². The van der Waals surface area contributed by atoms with Crippen molar-refractivity contribution in [3.05, 3.63) is 42.2 Å². The molecule has 0 atom stereocenters. The van der Waals surface area contributed by atoms with Gasteiger partial charge < -0.3 is 9.64 Å². The maximum Gasteiger partial charge on any atom is 0.335 e. The summed E-state index contributed by atoms with van der Waals surface area (Å²) in [5.74, 6) is -0.669. The molecular weight excluding hydrogens is 233 g/mol. The predicted molar refractivity (Wildman–Crippen MR) is 70.1 cm³/mol. The van der Waals surface area contributed by atoms with Crippen molar-refractivity contribution < 1.29 is 13.9 Å². The topological polar surface area (TPSA) is 29.5 Å². The highest BCUT2D eigenvalue weighted by Gasteiger charge is 2.12. The summed E-state index contributed by atoms with van der Waals surface area (Å²) in [6.45, 7) is 8.83. The largest absolute Gasteiger partial charge is 0.463 e. The zero-order chi connectivity index (χ0) is 13.5. The van der Waals surface area contributed by atoms with E-state index in [4.69, 9.17) is 4.74 Å². The van der Waals surface area contributed by atoms with E-state index < -0.39 is 5.97 Å². The van der Waals surface area contributed by atoms with Crippen LogP contribution in [0.15, 0.2) is 36.4 Å². The summed E-state index contributed by atoms with van der Waals surface area (Å²) < 4.78 is 17.7. The monoisotopic (exact) mass is 251 g/mol. The Balaban J connectivity index is 2.70. The SMILES string of the molecule is C=C(CN(CC)c1ccc(F)cc1)C(=O)OCC. The van der Waals surface area contributed by atoms with Crippen molar-refractivity contribution in [1.82, 2.24) is 0 Å². The minimum Gasteiger partial charge on any atom is -0.463 e. The normalized spacial score (nSPS) is 9.94. The van der Waals surface area contributed by atoms with Crippen molar-refractivity contribution in [3.63, 3.8) is 0 Å². The number of carbonyl (C=O) groups is 1. The number of ether oxygens (including phenoxy) is 1. The maximum absolute atomic E-state index is 12.8. The van der Waals surface area contributed by atoms with E-state index in [1.165, 1.54) is 12.1 Å². The van der Waals surface area contributed by atoms with Gasteiger partial charge in [-0.1, -0.05) is 6.58 Å². The van der Waals surface area contributed by atoms with Crippen LogP contribution in [-0.2, 0) is 9.53 Å². The molecule has 0 N–H and O–H groups in total. The standard InChI is InChI=1S/C14H18FNO2/c1-4-16(10-11(3)14(17)18-5-2)13-8-6-12(15)7-9-13/h6-9H,3-5,10H2,1-2H3. The van der Waals surface area contributed by atoms with Gasteiger partial charge in [-0.05, 0) is 38.1 Å².